The van der Waals surface area contributed by atoms with Gasteiger partial charge in [0.2, 0.25) is 0 Å². The van der Waals surface area contributed by atoms with Crippen LogP contribution in [0, 0.1) is 13.8 Å². The Hall–Kier alpha value is -2.88. The molecule has 2 aromatic rings. The zero-order valence-corrected chi connectivity index (χ0v) is 19.6. The molecule has 2 aliphatic rings. The smallest absolute Gasteiger partial charge is 0.278 e. The van der Waals surface area contributed by atoms with Crippen LogP contribution < -0.4 is 0 Å². The predicted octanol–water partition coefficient (Wildman–Crippen LogP) is 5.63. The van der Waals surface area contributed by atoms with Crippen LogP contribution in [-0.2, 0) is 16.1 Å². The number of nitrogens with zero attached hydrogens (tertiary/aromatic N) is 2. The molecule has 1 aliphatic carbocycles. The molecule has 2 aromatic carbocycles. The van der Waals surface area contributed by atoms with Crippen molar-refractivity contribution in [2.24, 2.45) is 0 Å². The molecule has 1 aliphatic heterocycles. The summed E-state index contributed by atoms with van der Waals surface area (Å²) in [6, 6.07) is 16.2. The third kappa shape index (κ3) is 4.50. The number of carbonyl (C=O) groups is 2. The molecular formula is C28H34N2O2. The standard InChI is InChI=1S/C28H34N2O2/c1-20-16-17-24(21(2)18-20)25-26(29(3)19-22-12-8-7-9-13-22)28(32)30(27(25)31)23-14-10-5-4-6-11-15-23/h7-9,12-13,16-18,23H,4-6,10-11,14-15,19H2,1-3H3. The van der Waals surface area contributed by atoms with Crippen molar-refractivity contribution < 1.29 is 9.59 Å². The van der Waals surface area contributed by atoms with E-state index in [0.717, 1.165) is 47.9 Å². The minimum Gasteiger partial charge on any atom is -0.365 e. The van der Waals surface area contributed by atoms with Gasteiger partial charge in [-0.15, -0.1) is 0 Å². The number of carbonyl (C=O) groups excluding carboxylic acids is 2. The van der Waals surface area contributed by atoms with E-state index in [2.05, 4.69) is 25.1 Å². The molecule has 2 amide bonds. The number of benzene rings is 2. The number of hydrogen-bond acceptors (Lipinski definition) is 3. The van der Waals surface area contributed by atoms with E-state index in [0.29, 0.717) is 17.8 Å². The fourth-order valence-corrected chi connectivity index (χ4v) is 5.19. The molecule has 168 valence electrons. The first-order valence-electron chi connectivity index (χ1n) is 11.9. The lowest BCUT2D eigenvalue weighted by Gasteiger charge is -2.29. The fraction of sp³-hybridized carbons (Fsp3) is 0.429. The largest absolute Gasteiger partial charge is 0.365 e. The Labute approximate surface area is 191 Å². The van der Waals surface area contributed by atoms with Gasteiger partial charge in [-0.1, -0.05) is 86.2 Å². The molecule has 4 rings (SSSR count). The van der Waals surface area contributed by atoms with Gasteiger partial charge in [0.15, 0.2) is 0 Å². The molecular weight excluding hydrogens is 396 g/mol. The molecule has 0 unspecified atom stereocenters. The highest BCUT2D eigenvalue weighted by Gasteiger charge is 2.44. The lowest BCUT2D eigenvalue weighted by Crippen LogP contribution is -2.42. The van der Waals surface area contributed by atoms with Crippen molar-refractivity contribution in [3.63, 3.8) is 0 Å². The minimum atomic E-state index is -0.131. The van der Waals surface area contributed by atoms with E-state index in [-0.39, 0.29) is 17.9 Å². The van der Waals surface area contributed by atoms with Crippen LogP contribution in [0.15, 0.2) is 54.2 Å². The van der Waals surface area contributed by atoms with Crippen molar-refractivity contribution in [2.75, 3.05) is 7.05 Å². The lowest BCUT2D eigenvalue weighted by atomic mass is 9.95. The number of aryl methyl sites for hydroxylation is 2. The fourth-order valence-electron chi connectivity index (χ4n) is 5.19. The van der Waals surface area contributed by atoms with E-state index in [1.54, 1.807) is 4.90 Å². The highest BCUT2D eigenvalue weighted by Crippen LogP contribution is 2.37. The van der Waals surface area contributed by atoms with Crippen molar-refractivity contribution in [1.82, 2.24) is 9.80 Å². The zero-order valence-electron chi connectivity index (χ0n) is 19.6. The SMILES string of the molecule is Cc1ccc(C2=C(N(C)Cc3ccccc3)C(=O)N(C3CCCCCCC3)C2=O)c(C)c1. The summed E-state index contributed by atoms with van der Waals surface area (Å²) in [6.45, 7) is 4.67. The molecule has 32 heavy (non-hydrogen) atoms. The second kappa shape index (κ2) is 9.72. The maximum absolute atomic E-state index is 13.8. The van der Waals surface area contributed by atoms with Crippen LogP contribution in [0.1, 0.15) is 67.2 Å². The van der Waals surface area contributed by atoms with Crippen molar-refractivity contribution in [3.8, 4) is 0 Å². The van der Waals surface area contributed by atoms with Gasteiger partial charge in [-0.2, -0.15) is 0 Å². The number of hydrogen-bond donors (Lipinski definition) is 0. The molecule has 0 atom stereocenters. The van der Waals surface area contributed by atoms with Gasteiger partial charge in [0.1, 0.15) is 5.70 Å². The monoisotopic (exact) mass is 430 g/mol. The summed E-state index contributed by atoms with van der Waals surface area (Å²) in [4.78, 5) is 31.2. The van der Waals surface area contributed by atoms with E-state index in [9.17, 15) is 9.59 Å². The Bertz CT molecular complexity index is 1020. The third-order valence-corrected chi connectivity index (χ3v) is 6.83. The average Bonchev–Trinajstić information content (AvgIpc) is 2.99. The molecule has 0 bridgehead atoms. The van der Waals surface area contributed by atoms with Crippen LogP contribution in [-0.4, -0.2) is 34.7 Å². The summed E-state index contributed by atoms with van der Waals surface area (Å²) in [5, 5.41) is 0. The van der Waals surface area contributed by atoms with Gasteiger partial charge in [0.05, 0.1) is 5.57 Å². The van der Waals surface area contributed by atoms with E-state index in [1.807, 2.05) is 49.2 Å². The molecule has 0 spiro atoms. The first kappa shape index (κ1) is 22.3. The molecule has 0 saturated heterocycles. The highest BCUT2D eigenvalue weighted by molar-refractivity contribution is 6.35. The Morgan fingerprint density at radius 2 is 1.53 bits per heavy atom. The first-order chi connectivity index (χ1) is 15.5. The second-order valence-electron chi connectivity index (χ2n) is 9.36. The number of rotatable bonds is 5. The van der Waals surface area contributed by atoms with Crippen LogP contribution in [0.5, 0.6) is 0 Å². The average molecular weight is 431 g/mol. The van der Waals surface area contributed by atoms with Crippen molar-refractivity contribution in [2.45, 2.75) is 71.4 Å². The normalized spacial score (nSPS) is 18.2. The van der Waals surface area contributed by atoms with Crippen LogP contribution in [0.2, 0.25) is 0 Å². The molecule has 4 heteroatoms. The number of imide groups is 1. The highest BCUT2D eigenvalue weighted by atomic mass is 16.2. The molecule has 1 saturated carbocycles. The quantitative estimate of drug-likeness (QED) is 0.578. The number of likely N-dealkylation sites (N-methyl/N-ethyl adjacent to an activating group) is 1. The Balaban J connectivity index is 1.75. The molecule has 1 fully saturated rings. The van der Waals surface area contributed by atoms with Crippen LogP contribution >= 0.6 is 0 Å². The first-order valence-corrected chi connectivity index (χ1v) is 11.9. The van der Waals surface area contributed by atoms with E-state index in [4.69, 9.17) is 0 Å². The Morgan fingerprint density at radius 3 is 2.19 bits per heavy atom. The van der Waals surface area contributed by atoms with Crippen LogP contribution in [0.4, 0.5) is 0 Å². The maximum atomic E-state index is 13.8. The van der Waals surface area contributed by atoms with Gasteiger partial charge >= 0.3 is 0 Å². The predicted molar refractivity (Wildman–Crippen MR) is 129 cm³/mol. The summed E-state index contributed by atoms with van der Waals surface area (Å²) in [5.41, 5.74) is 5.27. The van der Waals surface area contributed by atoms with Gasteiger partial charge in [0, 0.05) is 19.6 Å². The van der Waals surface area contributed by atoms with E-state index in [1.165, 1.54) is 19.3 Å². The van der Waals surface area contributed by atoms with Gasteiger partial charge in [-0.05, 0) is 43.4 Å². The summed E-state index contributed by atoms with van der Waals surface area (Å²) < 4.78 is 0. The molecule has 0 radical (unpaired) electrons. The second-order valence-corrected chi connectivity index (χ2v) is 9.36. The van der Waals surface area contributed by atoms with Gasteiger partial charge < -0.3 is 4.90 Å². The number of amides is 2. The van der Waals surface area contributed by atoms with Gasteiger partial charge in [-0.3, -0.25) is 14.5 Å². The summed E-state index contributed by atoms with van der Waals surface area (Å²) in [5.74, 6) is -0.253. The maximum Gasteiger partial charge on any atom is 0.278 e. The van der Waals surface area contributed by atoms with Gasteiger partial charge in [-0.25, -0.2) is 0 Å². The van der Waals surface area contributed by atoms with E-state index >= 15 is 0 Å². The third-order valence-electron chi connectivity index (χ3n) is 6.83. The molecule has 0 aromatic heterocycles. The summed E-state index contributed by atoms with van der Waals surface area (Å²) in [6.07, 6.45) is 7.60. The van der Waals surface area contributed by atoms with Crippen molar-refractivity contribution in [3.05, 3.63) is 76.5 Å². The minimum absolute atomic E-state index is 0.00122. The van der Waals surface area contributed by atoms with Crippen molar-refractivity contribution >= 4 is 17.4 Å². The van der Waals surface area contributed by atoms with Gasteiger partial charge in [0.25, 0.3) is 11.8 Å². The lowest BCUT2D eigenvalue weighted by molar-refractivity contribution is -0.140. The Kier molecular flexibility index (Phi) is 6.78. The topological polar surface area (TPSA) is 40.6 Å². The summed E-state index contributed by atoms with van der Waals surface area (Å²) >= 11 is 0. The van der Waals surface area contributed by atoms with Crippen LogP contribution in [0.25, 0.3) is 5.57 Å². The summed E-state index contributed by atoms with van der Waals surface area (Å²) in [7, 11) is 1.93. The Morgan fingerprint density at radius 1 is 0.875 bits per heavy atom. The van der Waals surface area contributed by atoms with Crippen molar-refractivity contribution in [1.29, 1.82) is 0 Å². The van der Waals surface area contributed by atoms with Crippen LogP contribution in [0.3, 0.4) is 0 Å². The molecule has 4 nitrogen and oxygen atoms in total. The molecule has 1 heterocycles. The molecule has 0 N–H and O–H groups in total. The van der Waals surface area contributed by atoms with E-state index < -0.39 is 0 Å². The zero-order chi connectivity index (χ0) is 22.7.